The van der Waals surface area contributed by atoms with Crippen LogP contribution in [-0.2, 0) is 11.3 Å². The van der Waals surface area contributed by atoms with Crippen LogP contribution in [-0.4, -0.2) is 40.5 Å². The number of imide groups is 1. The van der Waals surface area contributed by atoms with Crippen LogP contribution in [0.1, 0.15) is 24.1 Å². The summed E-state index contributed by atoms with van der Waals surface area (Å²) in [7, 11) is 0. The Morgan fingerprint density at radius 1 is 0.906 bits per heavy atom. The number of likely N-dealkylation sites (tertiary alicyclic amines) is 1. The third-order valence-corrected chi connectivity index (χ3v) is 6.60. The number of carbonyl (C=O) groups excluding carboxylic acids is 2. The number of piperidine rings is 1. The highest BCUT2D eigenvalue weighted by molar-refractivity contribution is 6.23. The van der Waals surface area contributed by atoms with E-state index in [0.717, 1.165) is 36.5 Å². The van der Waals surface area contributed by atoms with Gasteiger partial charge in [-0.15, -0.1) is 0 Å². The van der Waals surface area contributed by atoms with Crippen molar-refractivity contribution < 1.29 is 9.59 Å². The van der Waals surface area contributed by atoms with Crippen molar-refractivity contribution in [2.75, 3.05) is 18.0 Å². The van der Waals surface area contributed by atoms with Gasteiger partial charge in [0.25, 0.3) is 5.91 Å². The van der Waals surface area contributed by atoms with Crippen molar-refractivity contribution in [3.05, 3.63) is 84.2 Å². The lowest BCUT2D eigenvalue weighted by molar-refractivity contribution is -0.123. The zero-order valence-electron chi connectivity index (χ0n) is 18.1. The zero-order valence-corrected chi connectivity index (χ0v) is 18.1. The van der Waals surface area contributed by atoms with Crippen molar-refractivity contribution in [2.45, 2.75) is 31.8 Å². The van der Waals surface area contributed by atoms with E-state index in [1.54, 1.807) is 0 Å². The number of anilines is 1. The first-order valence-electron chi connectivity index (χ1n) is 11.0. The molecule has 2 aliphatic heterocycles. The number of hydrogen-bond acceptors (Lipinski definition) is 4. The summed E-state index contributed by atoms with van der Waals surface area (Å²) in [6.07, 6.45) is 3.01. The largest absolute Gasteiger partial charge is 0.329 e. The van der Waals surface area contributed by atoms with Gasteiger partial charge in [-0.05, 0) is 54.7 Å². The number of nitrogens with one attached hydrogen (secondary N) is 1. The Morgan fingerprint density at radius 3 is 2.28 bits per heavy atom. The highest BCUT2D eigenvalue weighted by Crippen LogP contribution is 2.33. The average Bonchev–Trinajstić information content (AvgIpc) is 3.06. The van der Waals surface area contributed by atoms with Gasteiger partial charge in [0.2, 0.25) is 0 Å². The van der Waals surface area contributed by atoms with Crippen molar-refractivity contribution in [2.24, 2.45) is 0 Å². The molecular formula is C26H26N4O2. The summed E-state index contributed by atoms with van der Waals surface area (Å²) in [5.74, 6) is -0.149. The second kappa shape index (κ2) is 8.20. The van der Waals surface area contributed by atoms with Crippen molar-refractivity contribution in [1.29, 1.82) is 0 Å². The van der Waals surface area contributed by atoms with Gasteiger partial charge >= 0.3 is 6.03 Å². The van der Waals surface area contributed by atoms with Gasteiger partial charge in [-0.2, -0.15) is 0 Å². The van der Waals surface area contributed by atoms with E-state index in [2.05, 4.69) is 28.2 Å². The van der Waals surface area contributed by atoms with Gasteiger partial charge in [-0.3, -0.25) is 14.7 Å². The number of aromatic nitrogens is 1. The van der Waals surface area contributed by atoms with Crippen LogP contribution in [0.3, 0.4) is 0 Å². The van der Waals surface area contributed by atoms with Gasteiger partial charge in [0.1, 0.15) is 5.54 Å². The predicted octanol–water partition coefficient (Wildman–Crippen LogP) is 4.15. The minimum absolute atomic E-state index is 0.149. The molecule has 2 aliphatic rings. The summed E-state index contributed by atoms with van der Waals surface area (Å²) < 4.78 is 0. The number of urea groups is 1. The summed E-state index contributed by atoms with van der Waals surface area (Å²) in [6.45, 7) is 4.30. The molecular weight excluding hydrogens is 400 g/mol. The highest BCUT2D eigenvalue weighted by Gasteiger charge is 2.52. The second-order valence-electron chi connectivity index (χ2n) is 8.61. The first-order chi connectivity index (χ1) is 15.6. The van der Waals surface area contributed by atoms with Crippen LogP contribution in [0.15, 0.2) is 72.9 Å². The lowest BCUT2D eigenvalue weighted by atomic mass is 9.87. The van der Waals surface area contributed by atoms with E-state index >= 15 is 0 Å². The van der Waals surface area contributed by atoms with Crippen LogP contribution < -0.4 is 10.2 Å². The molecule has 3 heterocycles. The Kier molecular flexibility index (Phi) is 5.23. The summed E-state index contributed by atoms with van der Waals surface area (Å²) >= 11 is 0. The van der Waals surface area contributed by atoms with Crippen molar-refractivity contribution in [1.82, 2.24) is 15.2 Å². The first-order valence-corrected chi connectivity index (χ1v) is 11.0. The molecule has 6 heteroatoms. The fourth-order valence-electron chi connectivity index (χ4n) is 4.62. The Balaban J connectivity index is 1.29. The van der Waals surface area contributed by atoms with Crippen LogP contribution >= 0.6 is 0 Å². The van der Waals surface area contributed by atoms with Gasteiger partial charge in [-0.1, -0.05) is 48.5 Å². The van der Waals surface area contributed by atoms with E-state index in [4.69, 9.17) is 0 Å². The number of carbonyl (C=O) groups is 2. The number of amides is 3. The van der Waals surface area contributed by atoms with E-state index in [9.17, 15) is 9.59 Å². The molecule has 6 nitrogen and oxygen atoms in total. The summed E-state index contributed by atoms with van der Waals surface area (Å²) in [5.41, 5.74) is 4.17. The third-order valence-electron chi connectivity index (χ3n) is 6.60. The summed E-state index contributed by atoms with van der Waals surface area (Å²) in [5, 5.41) is 3.00. The van der Waals surface area contributed by atoms with Gasteiger partial charge in [0.15, 0.2) is 0 Å². The minimum Gasteiger partial charge on any atom is -0.323 e. The van der Waals surface area contributed by atoms with E-state index in [1.165, 1.54) is 10.5 Å². The van der Waals surface area contributed by atoms with Crippen LogP contribution in [0.25, 0.3) is 11.1 Å². The summed E-state index contributed by atoms with van der Waals surface area (Å²) in [4.78, 5) is 34.3. The Bertz CT molecular complexity index is 1140. The molecule has 3 aromatic rings. The molecule has 3 amide bonds. The van der Waals surface area contributed by atoms with Crippen molar-refractivity contribution in [3.63, 3.8) is 0 Å². The average molecular weight is 427 g/mol. The minimum atomic E-state index is -0.815. The van der Waals surface area contributed by atoms with Gasteiger partial charge < -0.3 is 5.32 Å². The Labute approximate surface area is 187 Å². The SMILES string of the molecule is Cc1cccnc1CN1CCC2(CC1)NC(=O)N(c1ccc(-c3ccccc3)cc1)C2=O. The zero-order chi connectivity index (χ0) is 22.1. The molecule has 1 aromatic heterocycles. The summed E-state index contributed by atoms with van der Waals surface area (Å²) in [6, 6.07) is 21.3. The van der Waals surface area contributed by atoms with E-state index < -0.39 is 5.54 Å². The van der Waals surface area contributed by atoms with E-state index in [1.807, 2.05) is 66.9 Å². The molecule has 0 radical (unpaired) electrons. The number of pyridine rings is 1. The Hall–Kier alpha value is -3.51. The molecule has 0 atom stereocenters. The molecule has 0 saturated carbocycles. The number of hydrogen-bond donors (Lipinski definition) is 1. The maximum atomic E-state index is 13.4. The molecule has 162 valence electrons. The fourth-order valence-corrected chi connectivity index (χ4v) is 4.62. The van der Waals surface area contributed by atoms with Crippen LogP contribution in [0.4, 0.5) is 10.5 Å². The smallest absolute Gasteiger partial charge is 0.323 e. The molecule has 32 heavy (non-hydrogen) atoms. The maximum Gasteiger partial charge on any atom is 0.329 e. The van der Waals surface area contributed by atoms with Gasteiger partial charge in [0.05, 0.1) is 11.4 Å². The topological polar surface area (TPSA) is 65.5 Å². The number of benzene rings is 2. The fraction of sp³-hybridized carbons (Fsp3) is 0.269. The third kappa shape index (κ3) is 3.67. The molecule has 0 bridgehead atoms. The molecule has 1 N–H and O–H groups in total. The number of rotatable bonds is 4. The maximum absolute atomic E-state index is 13.4. The lowest BCUT2D eigenvalue weighted by Crippen LogP contribution is -2.54. The molecule has 2 saturated heterocycles. The van der Waals surface area contributed by atoms with Gasteiger partial charge in [0, 0.05) is 25.8 Å². The number of aryl methyl sites for hydroxylation is 1. The van der Waals surface area contributed by atoms with Crippen molar-refractivity contribution in [3.8, 4) is 11.1 Å². The standard InChI is InChI=1S/C26H26N4O2/c1-19-6-5-15-27-23(19)18-29-16-13-26(14-17-29)24(31)30(25(32)28-26)22-11-9-21(10-12-22)20-7-3-2-4-8-20/h2-12,15H,13-14,16-18H2,1H3,(H,28,32). The monoisotopic (exact) mass is 426 g/mol. The second-order valence-corrected chi connectivity index (χ2v) is 8.61. The molecule has 1 spiro atoms. The van der Waals surface area contributed by atoms with E-state index in [-0.39, 0.29) is 11.9 Å². The first kappa shape index (κ1) is 20.4. The normalized spacial score (nSPS) is 18.2. The Morgan fingerprint density at radius 2 is 1.59 bits per heavy atom. The van der Waals surface area contributed by atoms with Crippen LogP contribution in [0.2, 0.25) is 0 Å². The molecule has 2 fully saturated rings. The molecule has 2 aromatic carbocycles. The van der Waals surface area contributed by atoms with Gasteiger partial charge in [-0.25, -0.2) is 9.69 Å². The molecule has 0 aliphatic carbocycles. The predicted molar refractivity (Wildman–Crippen MR) is 124 cm³/mol. The highest BCUT2D eigenvalue weighted by atomic mass is 16.2. The van der Waals surface area contributed by atoms with Crippen LogP contribution in [0.5, 0.6) is 0 Å². The molecule has 0 unspecified atom stereocenters. The van der Waals surface area contributed by atoms with Crippen molar-refractivity contribution >= 4 is 17.6 Å². The van der Waals surface area contributed by atoms with Crippen LogP contribution in [0, 0.1) is 6.92 Å². The quantitative estimate of drug-likeness (QED) is 0.637. The lowest BCUT2D eigenvalue weighted by Gasteiger charge is -2.37. The van der Waals surface area contributed by atoms with E-state index in [0.29, 0.717) is 18.5 Å². The number of nitrogens with zero attached hydrogens (tertiary/aromatic N) is 3. The molecule has 5 rings (SSSR count).